The highest BCUT2D eigenvalue weighted by Crippen LogP contribution is 2.70. The van der Waals surface area contributed by atoms with E-state index in [1.807, 2.05) is 0 Å². The van der Waals surface area contributed by atoms with E-state index in [2.05, 4.69) is 146 Å². The van der Waals surface area contributed by atoms with Crippen LogP contribution in [0.2, 0.25) is 118 Å². The van der Waals surface area contributed by atoms with Crippen molar-refractivity contribution in [3.63, 3.8) is 0 Å². The Bertz CT molecular complexity index is 1330. The molecule has 4 rings (SSSR count). The molecule has 12 heteroatoms. The zero-order valence-corrected chi connectivity index (χ0v) is 47.8. The van der Waals surface area contributed by atoms with Crippen LogP contribution in [0.4, 0.5) is 0 Å². The molecule has 0 radical (unpaired) electrons. The quantitative estimate of drug-likeness (QED) is 0.128. The van der Waals surface area contributed by atoms with Crippen LogP contribution in [0.15, 0.2) is 0 Å². The van der Waals surface area contributed by atoms with Crippen molar-refractivity contribution in [1.29, 1.82) is 0 Å². The molecule has 0 saturated heterocycles. The third-order valence-corrected chi connectivity index (χ3v) is 20.5. The fourth-order valence-electron chi connectivity index (χ4n) is 12.6. The van der Waals surface area contributed by atoms with Gasteiger partial charge in [-0.25, -0.2) is 0 Å². The minimum Gasteiger partial charge on any atom is -0.415 e. The molecule has 0 heterocycles. The van der Waals surface area contributed by atoms with Gasteiger partial charge in [-0.2, -0.15) is 0 Å². The molecular weight excluding hydrogens is 805 g/mol. The maximum atomic E-state index is 7.58. The molecule has 0 bridgehead atoms. The Labute approximate surface area is 360 Å². The topological polar surface area (TPSA) is 55.4 Å². The Morgan fingerprint density at radius 3 is 1.70 bits per heavy atom. The van der Waals surface area contributed by atoms with E-state index in [9.17, 15) is 0 Å². The second-order valence-electron chi connectivity index (χ2n) is 26.3. The zero-order valence-electron chi connectivity index (χ0n) is 41.8. The van der Waals surface area contributed by atoms with Crippen LogP contribution < -0.4 is 0 Å². The van der Waals surface area contributed by atoms with E-state index < -0.39 is 55.5 Å². The van der Waals surface area contributed by atoms with Crippen LogP contribution in [0.3, 0.4) is 0 Å². The Hall–Kier alpha value is 1.06. The lowest BCUT2D eigenvalue weighted by Gasteiger charge is -2.66. The molecule has 0 spiro atoms. The van der Waals surface area contributed by atoms with Crippen molar-refractivity contribution < 1.29 is 26.6 Å². The average molecular weight is 902 g/mol. The lowest BCUT2D eigenvalue weighted by molar-refractivity contribution is -0.199. The van der Waals surface area contributed by atoms with Crippen molar-refractivity contribution >= 4 is 49.9 Å². The normalized spacial score (nSPS) is 36.5. The molecule has 0 aliphatic heterocycles. The largest absolute Gasteiger partial charge is 0.415 e. The average Bonchev–Trinajstić information content (AvgIpc) is 3.33. The molecule has 0 amide bonds. The van der Waals surface area contributed by atoms with Gasteiger partial charge in [0.25, 0.3) is 0 Å². The first-order valence-electron chi connectivity index (χ1n) is 23.5. The fraction of sp³-hybridized carbons (Fsp3) is 1.00. The van der Waals surface area contributed by atoms with Crippen molar-refractivity contribution in [2.24, 2.45) is 46.3 Å². The highest BCUT2D eigenvalue weighted by Gasteiger charge is 2.67. The summed E-state index contributed by atoms with van der Waals surface area (Å²) >= 11 is 0. The molecular formula is C45H96O6Si6. The van der Waals surface area contributed by atoms with Crippen molar-refractivity contribution in [3.8, 4) is 0 Å². The number of hydrogen-bond acceptors (Lipinski definition) is 6. The molecule has 0 aromatic rings. The molecule has 0 aromatic carbocycles. The molecule has 336 valence electrons. The van der Waals surface area contributed by atoms with Gasteiger partial charge < -0.3 is 26.6 Å². The molecule has 4 aliphatic carbocycles. The molecule has 4 fully saturated rings. The second-order valence-corrected chi connectivity index (χ2v) is 53.1. The summed E-state index contributed by atoms with van der Waals surface area (Å²) < 4.78 is 43.0. The van der Waals surface area contributed by atoms with Crippen LogP contribution in [0.5, 0.6) is 0 Å². The zero-order chi connectivity index (χ0) is 43.6. The Morgan fingerprint density at radius 2 is 1.19 bits per heavy atom. The standard InChI is InChI=1S/C45H96O6Si6/c1-33(23-26-40(49-55(14,15)16)44(3,51-57(20,21)22)32-46-52(5,6)7)36-24-25-37-42-38(31-41(45(36,37)4)50-56(17,18)19)43(2)28-27-35(47-53(8,9)10)29-34(43)30-39(42)48-54(11,12)13/h33-42H,23-32H2,1-22H3/t33-,34+,35-,36-,37+,38+,39-,40?,41+,42+,43+,44?,45-/m1/s1. The van der Waals surface area contributed by atoms with Gasteiger partial charge in [0.15, 0.2) is 49.9 Å². The number of rotatable bonds is 18. The van der Waals surface area contributed by atoms with Crippen LogP contribution in [-0.4, -0.2) is 86.5 Å². The van der Waals surface area contributed by atoms with Crippen molar-refractivity contribution in [2.75, 3.05) is 6.61 Å². The van der Waals surface area contributed by atoms with E-state index >= 15 is 0 Å². The van der Waals surface area contributed by atoms with E-state index in [0.29, 0.717) is 65.8 Å². The molecule has 57 heavy (non-hydrogen) atoms. The lowest BCUT2D eigenvalue weighted by atomic mass is 9.43. The van der Waals surface area contributed by atoms with Crippen LogP contribution >= 0.6 is 0 Å². The SMILES string of the molecule is C[C@H](CCC(O[Si](C)(C)C)C(C)(CO[Si](C)(C)C)O[Si](C)(C)C)[C@H]1CC[C@H]2[C@@H]3[C@H](O[Si](C)(C)C)C[C@@H]4C[C@H](O[Si](C)(C)C)CC[C@]4(C)[C@H]3C[C@H](O[Si](C)(C)C)[C@]12C. The van der Waals surface area contributed by atoms with Crippen LogP contribution in [0.25, 0.3) is 0 Å². The fourth-order valence-corrected chi connectivity index (χ4v) is 19.7. The summed E-state index contributed by atoms with van der Waals surface area (Å²) in [5, 5.41) is 0. The molecule has 2 unspecified atom stereocenters. The second kappa shape index (κ2) is 17.6. The van der Waals surface area contributed by atoms with Gasteiger partial charge >= 0.3 is 0 Å². The van der Waals surface area contributed by atoms with Crippen LogP contribution in [0.1, 0.15) is 85.5 Å². The van der Waals surface area contributed by atoms with Gasteiger partial charge in [0, 0.05) is 12.2 Å². The van der Waals surface area contributed by atoms with Gasteiger partial charge in [-0.05, 0) is 229 Å². The van der Waals surface area contributed by atoms with Gasteiger partial charge in [-0.3, -0.25) is 0 Å². The maximum absolute atomic E-state index is 7.58. The minimum atomic E-state index is -1.91. The van der Waals surface area contributed by atoms with Crippen molar-refractivity contribution in [3.05, 3.63) is 0 Å². The highest BCUT2D eigenvalue weighted by atomic mass is 28.4. The summed E-state index contributed by atoms with van der Waals surface area (Å²) in [5.41, 5.74) is -0.0317. The van der Waals surface area contributed by atoms with E-state index in [1.54, 1.807) is 0 Å². The predicted molar refractivity (Wildman–Crippen MR) is 259 cm³/mol. The summed E-state index contributed by atoms with van der Waals surface area (Å²) in [6, 6.07) is 0. The summed E-state index contributed by atoms with van der Waals surface area (Å²) in [6.45, 7) is 53.5. The number of hydrogen-bond donors (Lipinski definition) is 0. The van der Waals surface area contributed by atoms with Crippen LogP contribution in [0, 0.1) is 46.3 Å². The van der Waals surface area contributed by atoms with Crippen LogP contribution in [-0.2, 0) is 26.6 Å². The van der Waals surface area contributed by atoms with E-state index in [1.165, 1.54) is 44.9 Å². The molecule has 4 aliphatic rings. The molecule has 13 atom stereocenters. The van der Waals surface area contributed by atoms with E-state index in [4.69, 9.17) is 26.6 Å². The smallest absolute Gasteiger partial charge is 0.184 e. The first-order chi connectivity index (χ1) is 25.4. The summed E-state index contributed by atoms with van der Waals surface area (Å²) in [7, 11) is -10.8. The van der Waals surface area contributed by atoms with Gasteiger partial charge in [-0.15, -0.1) is 0 Å². The summed E-state index contributed by atoms with van der Waals surface area (Å²) in [6.07, 6.45) is 11.9. The van der Waals surface area contributed by atoms with Gasteiger partial charge in [-0.1, -0.05) is 20.8 Å². The van der Waals surface area contributed by atoms with Gasteiger partial charge in [0.05, 0.1) is 18.8 Å². The first-order valence-corrected chi connectivity index (χ1v) is 44.0. The van der Waals surface area contributed by atoms with Gasteiger partial charge in [0.2, 0.25) is 0 Å². The minimum absolute atomic E-state index is 0.00859. The third-order valence-electron chi connectivity index (χ3n) is 14.4. The highest BCUT2D eigenvalue weighted by molar-refractivity contribution is 6.71. The van der Waals surface area contributed by atoms with Crippen molar-refractivity contribution in [1.82, 2.24) is 0 Å². The lowest BCUT2D eigenvalue weighted by Crippen LogP contribution is -2.64. The third kappa shape index (κ3) is 13.3. The Morgan fingerprint density at radius 1 is 0.614 bits per heavy atom. The first kappa shape index (κ1) is 50.7. The van der Waals surface area contributed by atoms with E-state index in [0.717, 1.165) is 12.8 Å². The van der Waals surface area contributed by atoms with Gasteiger partial charge in [0.1, 0.15) is 5.60 Å². The maximum Gasteiger partial charge on any atom is 0.184 e. The van der Waals surface area contributed by atoms with E-state index in [-0.39, 0.29) is 11.5 Å². The molecule has 0 N–H and O–H groups in total. The Kier molecular flexibility index (Phi) is 15.6. The summed E-state index contributed by atoms with van der Waals surface area (Å²) in [4.78, 5) is 0. The Balaban J connectivity index is 1.71. The van der Waals surface area contributed by atoms with Crippen molar-refractivity contribution in [2.45, 2.75) is 233 Å². The molecule has 6 nitrogen and oxygen atoms in total. The summed E-state index contributed by atoms with van der Waals surface area (Å²) in [5.74, 6) is 3.69. The molecule has 0 aromatic heterocycles. The number of fused-ring (bicyclic) bond motifs is 5. The monoisotopic (exact) mass is 901 g/mol. The predicted octanol–water partition coefficient (Wildman–Crippen LogP) is 13.6. The molecule has 4 saturated carbocycles.